The van der Waals surface area contributed by atoms with Gasteiger partial charge in [0.05, 0.1) is 26.4 Å². The van der Waals surface area contributed by atoms with Gasteiger partial charge in [-0.3, -0.25) is 0 Å². The van der Waals surface area contributed by atoms with Crippen LogP contribution in [0.25, 0.3) is 0 Å². The molecule has 0 bridgehead atoms. The average molecular weight is 211 g/mol. The fourth-order valence-corrected chi connectivity index (χ4v) is 1.10. The van der Waals surface area contributed by atoms with Crippen molar-refractivity contribution < 1.29 is 14.6 Å². The minimum atomic E-state index is -0.580. The number of hydrogen-bond donors (Lipinski definition) is 2. The predicted octanol–water partition coefficient (Wildman–Crippen LogP) is 0.531. The zero-order valence-corrected chi connectivity index (χ0v) is 8.85. The van der Waals surface area contributed by atoms with E-state index >= 15 is 0 Å². The van der Waals surface area contributed by atoms with Gasteiger partial charge in [-0.15, -0.1) is 0 Å². The molecule has 1 atom stereocenters. The van der Waals surface area contributed by atoms with Crippen molar-refractivity contribution in [3.8, 4) is 5.75 Å². The molecule has 0 aliphatic carbocycles. The SMILES string of the molecule is COc1ccc(COCC(O)CN)cc1. The number of hydrogen-bond acceptors (Lipinski definition) is 4. The highest BCUT2D eigenvalue weighted by molar-refractivity contribution is 5.26. The Morgan fingerprint density at radius 3 is 2.53 bits per heavy atom. The molecule has 4 heteroatoms. The van der Waals surface area contributed by atoms with Crippen molar-refractivity contribution >= 4 is 0 Å². The topological polar surface area (TPSA) is 64.7 Å². The van der Waals surface area contributed by atoms with Gasteiger partial charge in [0.15, 0.2) is 0 Å². The minimum absolute atomic E-state index is 0.225. The summed E-state index contributed by atoms with van der Waals surface area (Å²) >= 11 is 0. The summed E-state index contributed by atoms with van der Waals surface area (Å²) in [4.78, 5) is 0. The molecule has 1 aromatic rings. The van der Waals surface area contributed by atoms with E-state index in [4.69, 9.17) is 20.3 Å². The third-order valence-electron chi connectivity index (χ3n) is 2.01. The van der Waals surface area contributed by atoms with E-state index in [1.165, 1.54) is 0 Å². The molecule has 0 aliphatic heterocycles. The molecule has 3 N–H and O–H groups in total. The second-order valence-corrected chi connectivity index (χ2v) is 3.25. The minimum Gasteiger partial charge on any atom is -0.497 e. The summed E-state index contributed by atoms with van der Waals surface area (Å²) in [5, 5.41) is 9.15. The standard InChI is InChI=1S/C11H17NO3/c1-14-11-4-2-9(3-5-11)7-15-8-10(13)6-12/h2-5,10,13H,6-8,12H2,1H3. The Bertz CT molecular complexity index is 274. The van der Waals surface area contributed by atoms with Crippen LogP contribution in [0, 0.1) is 0 Å². The summed E-state index contributed by atoms with van der Waals surface area (Å²) in [6.07, 6.45) is -0.580. The van der Waals surface area contributed by atoms with Crippen molar-refractivity contribution in [3.63, 3.8) is 0 Å². The Balaban J connectivity index is 2.31. The molecule has 15 heavy (non-hydrogen) atoms. The Kier molecular flexibility index (Phi) is 5.10. The monoisotopic (exact) mass is 211 g/mol. The Morgan fingerprint density at radius 1 is 1.33 bits per heavy atom. The maximum absolute atomic E-state index is 9.15. The van der Waals surface area contributed by atoms with Crippen LogP contribution in [0.4, 0.5) is 0 Å². The molecule has 0 amide bonds. The molecule has 0 aromatic heterocycles. The highest BCUT2D eigenvalue weighted by Crippen LogP contribution is 2.11. The lowest BCUT2D eigenvalue weighted by Crippen LogP contribution is -2.24. The number of aliphatic hydroxyl groups excluding tert-OH is 1. The van der Waals surface area contributed by atoms with Crippen molar-refractivity contribution in [1.29, 1.82) is 0 Å². The number of rotatable bonds is 6. The fourth-order valence-electron chi connectivity index (χ4n) is 1.10. The molecule has 0 saturated carbocycles. The maximum Gasteiger partial charge on any atom is 0.118 e. The van der Waals surface area contributed by atoms with E-state index in [9.17, 15) is 0 Å². The second kappa shape index (κ2) is 6.40. The van der Waals surface area contributed by atoms with Gasteiger partial charge in [0.1, 0.15) is 5.75 Å². The molecule has 84 valence electrons. The van der Waals surface area contributed by atoms with Gasteiger partial charge in [-0.05, 0) is 17.7 Å². The molecular formula is C11H17NO3. The molecule has 4 nitrogen and oxygen atoms in total. The second-order valence-electron chi connectivity index (χ2n) is 3.25. The van der Waals surface area contributed by atoms with Crippen LogP contribution in [-0.4, -0.2) is 31.5 Å². The maximum atomic E-state index is 9.15. The van der Waals surface area contributed by atoms with Gasteiger partial charge >= 0.3 is 0 Å². The molecule has 0 radical (unpaired) electrons. The highest BCUT2D eigenvalue weighted by Gasteiger charge is 2.01. The Labute approximate surface area is 89.6 Å². The summed E-state index contributed by atoms with van der Waals surface area (Å²) in [7, 11) is 1.63. The third kappa shape index (κ3) is 4.29. The first-order valence-corrected chi connectivity index (χ1v) is 4.85. The van der Waals surface area contributed by atoms with Crippen LogP contribution < -0.4 is 10.5 Å². The van der Waals surface area contributed by atoms with Crippen LogP contribution in [-0.2, 0) is 11.3 Å². The van der Waals surface area contributed by atoms with Crippen LogP contribution in [0.2, 0.25) is 0 Å². The fraction of sp³-hybridized carbons (Fsp3) is 0.455. The van der Waals surface area contributed by atoms with E-state index < -0.39 is 6.10 Å². The van der Waals surface area contributed by atoms with Crippen molar-refractivity contribution in [2.45, 2.75) is 12.7 Å². The molecule has 1 rings (SSSR count). The van der Waals surface area contributed by atoms with Crippen molar-refractivity contribution in [1.82, 2.24) is 0 Å². The van der Waals surface area contributed by atoms with Crippen molar-refractivity contribution in [3.05, 3.63) is 29.8 Å². The van der Waals surface area contributed by atoms with E-state index in [1.807, 2.05) is 24.3 Å². The zero-order chi connectivity index (χ0) is 11.1. The van der Waals surface area contributed by atoms with Crippen molar-refractivity contribution in [2.24, 2.45) is 5.73 Å². The summed E-state index contributed by atoms with van der Waals surface area (Å²) in [5.74, 6) is 0.820. The first-order valence-electron chi connectivity index (χ1n) is 4.85. The van der Waals surface area contributed by atoms with Gasteiger partial charge in [-0.2, -0.15) is 0 Å². The first-order chi connectivity index (χ1) is 7.26. The molecule has 0 aliphatic rings. The molecule has 0 heterocycles. The van der Waals surface area contributed by atoms with E-state index in [0.717, 1.165) is 11.3 Å². The largest absolute Gasteiger partial charge is 0.497 e. The van der Waals surface area contributed by atoms with Crippen LogP contribution >= 0.6 is 0 Å². The van der Waals surface area contributed by atoms with Gasteiger partial charge in [-0.1, -0.05) is 12.1 Å². The lowest BCUT2D eigenvalue weighted by Gasteiger charge is -2.08. The number of aliphatic hydroxyl groups is 1. The normalized spacial score (nSPS) is 12.5. The summed E-state index contributed by atoms with van der Waals surface area (Å²) in [6, 6.07) is 7.59. The Hall–Kier alpha value is -1.10. The number of methoxy groups -OCH3 is 1. The molecule has 0 spiro atoms. The van der Waals surface area contributed by atoms with Crippen LogP contribution in [0.15, 0.2) is 24.3 Å². The molecule has 0 saturated heterocycles. The highest BCUT2D eigenvalue weighted by atomic mass is 16.5. The summed E-state index contributed by atoms with van der Waals surface area (Å²) in [6.45, 7) is 0.964. The predicted molar refractivity (Wildman–Crippen MR) is 57.7 cm³/mol. The van der Waals surface area contributed by atoms with Gasteiger partial charge in [0, 0.05) is 6.54 Å². The van der Waals surface area contributed by atoms with Crippen molar-refractivity contribution in [2.75, 3.05) is 20.3 Å². The third-order valence-corrected chi connectivity index (χ3v) is 2.01. The number of nitrogens with two attached hydrogens (primary N) is 1. The van der Waals surface area contributed by atoms with Gasteiger partial charge in [0.2, 0.25) is 0 Å². The van der Waals surface area contributed by atoms with E-state index in [2.05, 4.69) is 0 Å². The molecule has 0 fully saturated rings. The van der Waals surface area contributed by atoms with Gasteiger partial charge in [0.25, 0.3) is 0 Å². The van der Waals surface area contributed by atoms with E-state index in [-0.39, 0.29) is 13.2 Å². The zero-order valence-electron chi connectivity index (χ0n) is 8.85. The average Bonchev–Trinajstić information content (AvgIpc) is 2.29. The van der Waals surface area contributed by atoms with Crippen LogP contribution in [0.5, 0.6) is 5.75 Å². The van der Waals surface area contributed by atoms with E-state index in [1.54, 1.807) is 7.11 Å². The van der Waals surface area contributed by atoms with E-state index in [0.29, 0.717) is 6.61 Å². The number of ether oxygens (including phenoxy) is 2. The molecule has 1 aromatic carbocycles. The quantitative estimate of drug-likeness (QED) is 0.720. The van der Waals surface area contributed by atoms with Gasteiger partial charge < -0.3 is 20.3 Å². The number of benzene rings is 1. The lowest BCUT2D eigenvalue weighted by atomic mass is 10.2. The summed E-state index contributed by atoms with van der Waals surface area (Å²) in [5.41, 5.74) is 6.28. The lowest BCUT2D eigenvalue weighted by molar-refractivity contribution is 0.0329. The first kappa shape index (κ1) is 12.0. The van der Waals surface area contributed by atoms with Crippen LogP contribution in [0.3, 0.4) is 0 Å². The van der Waals surface area contributed by atoms with Gasteiger partial charge in [-0.25, -0.2) is 0 Å². The van der Waals surface area contributed by atoms with Crippen LogP contribution in [0.1, 0.15) is 5.56 Å². The molecule has 1 unspecified atom stereocenters. The smallest absolute Gasteiger partial charge is 0.118 e. The summed E-state index contributed by atoms with van der Waals surface area (Å²) < 4.78 is 10.3. The molecular weight excluding hydrogens is 194 g/mol. The Morgan fingerprint density at radius 2 is 2.00 bits per heavy atom.